The predicted octanol–water partition coefficient (Wildman–Crippen LogP) is 2.25. The number of hydrogen-bond donors (Lipinski definition) is 1. The topological polar surface area (TPSA) is 30.5 Å². The molecule has 0 amide bonds. The summed E-state index contributed by atoms with van der Waals surface area (Å²) >= 11 is 0. The van der Waals surface area contributed by atoms with Crippen LogP contribution in [0.2, 0.25) is 0 Å². The minimum absolute atomic E-state index is 0.205. The van der Waals surface area contributed by atoms with E-state index < -0.39 is 0 Å². The van der Waals surface area contributed by atoms with E-state index >= 15 is 0 Å². The van der Waals surface area contributed by atoms with Crippen molar-refractivity contribution in [2.24, 2.45) is 0 Å². The lowest BCUT2D eigenvalue weighted by Gasteiger charge is -2.23. The lowest BCUT2D eigenvalue weighted by Crippen LogP contribution is -2.39. The Morgan fingerprint density at radius 2 is 2.12 bits per heavy atom. The predicted molar refractivity (Wildman–Crippen MR) is 70.6 cm³/mol. The third-order valence-corrected chi connectivity index (χ3v) is 2.96. The van der Waals surface area contributed by atoms with Gasteiger partial charge < -0.3 is 14.8 Å². The average Bonchev–Trinajstić information content (AvgIpc) is 2.36. The first-order valence-corrected chi connectivity index (χ1v) is 6.13. The maximum atomic E-state index is 5.63. The molecular weight excluding hydrogens is 214 g/mol. The quantitative estimate of drug-likeness (QED) is 0.789. The lowest BCUT2D eigenvalue weighted by molar-refractivity contribution is 0.0496. The van der Waals surface area contributed by atoms with E-state index in [1.165, 1.54) is 5.56 Å². The molecule has 0 aromatic heterocycles. The van der Waals surface area contributed by atoms with E-state index in [1.807, 2.05) is 26.1 Å². The minimum atomic E-state index is 0.205. The molecular formula is C14H23NO2. The second kappa shape index (κ2) is 7.30. The second-order valence-corrected chi connectivity index (χ2v) is 4.11. The fraction of sp³-hybridized carbons (Fsp3) is 0.571. The summed E-state index contributed by atoms with van der Waals surface area (Å²) in [6, 6.07) is 8.49. The molecule has 3 heteroatoms. The van der Waals surface area contributed by atoms with Crippen LogP contribution >= 0.6 is 0 Å². The van der Waals surface area contributed by atoms with Gasteiger partial charge in [0, 0.05) is 12.6 Å². The molecule has 2 unspecified atom stereocenters. The van der Waals surface area contributed by atoms with Crippen LogP contribution in [0.5, 0.6) is 5.75 Å². The van der Waals surface area contributed by atoms with Gasteiger partial charge in [-0.15, -0.1) is 0 Å². The summed E-state index contributed by atoms with van der Waals surface area (Å²) < 4.78 is 10.9. The second-order valence-electron chi connectivity index (χ2n) is 4.11. The molecule has 0 spiro atoms. The number of nitrogens with one attached hydrogen (secondary N) is 1. The van der Waals surface area contributed by atoms with Gasteiger partial charge in [-0.25, -0.2) is 0 Å². The van der Waals surface area contributed by atoms with Crippen molar-refractivity contribution in [2.45, 2.75) is 32.4 Å². The molecule has 0 heterocycles. The van der Waals surface area contributed by atoms with Crippen LogP contribution in [0.15, 0.2) is 24.3 Å². The molecule has 0 saturated heterocycles. The Balaban J connectivity index is 2.66. The Morgan fingerprint density at radius 3 is 2.71 bits per heavy atom. The van der Waals surface area contributed by atoms with Gasteiger partial charge in [-0.3, -0.25) is 0 Å². The Kier molecular flexibility index (Phi) is 6.01. The maximum absolute atomic E-state index is 5.63. The number of likely N-dealkylation sites (N-methyl/N-ethyl adjacent to an activating group) is 1. The highest BCUT2D eigenvalue weighted by Gasteiger charge is 2.16. The average molecular weight is 237 g/mol. The van der Waals surface area contributed by atoms with E-state index in [9.17, 15) is 0 Å². The Bertz CT molecular complexity index is 328. The molecule has 1 N–H and O–H groups in total. The normalized spacial score (nSPS) is 14.4. The highest BCUT2D eigenvalue weighted by atomic mass is 16.5. The summed E-state index contributed by atoms with van der Waals surface area (Å²) in [6.07, 6.45) is 1.14. The monoisotopic (exact) mass is 237 g/mol. The van der Waals surface area contributed by atoms with Crippen molar-refractivity contribution in [1.82, 2.24) is 5.32 Å². The number of methoxy groups -OCH3 is 1. The lowest BCUT2D eigenvalue weighted by atomic mass is 10.0. The van der Waals surface area contributed by atoms with Crippen molar-refractivity contribution in [3.05, 3.63) is 29.8 Å². The van der Waals surface area contributed by atoms with Crippen molar-refractivity contribution in [3.63, 3.8) is 0 Å². The summed E-state index contributed by atoms with van der Waals surface area (Å²) in [5.41, 5.74) is 1.26. The first kappa shape index (κ1) is 14.0. The third-order valence-electron chi connectivity index (χ3n) is 2.96. The fourth-order valence-corrected chi connectivity index (χ4v) is 1.94. The van der Waals surface area contributed by atoms with Crippen LogP contribution in [0.4, 0.5) is 0 Å². The number of ether oxygens (including phenoxy) is 2. The van der Waals surface area contributed by atoms with Gasteiger partial charge in [0.15, 0.2) is 0 Å². The van der Waals surface area contributed by atoms with Crippen LogP contribution in [0, 0.1) is 0 Å². The summed E-state index contributed by atoms with van der Waals surface area (Å²) in [4.78, 5) is 0. The first-order valence-electron chi connectivity index (χ1n) is 6.13. The van der Waals surface area contributed by atoms with Crippen LogP contribution in [0.3, 0.4) is 0 Å². The minimum Gasteiger partial charge on any atom is -0.497 e. The summed E-state index contributed by atoms with van der Waals surface area (Å²) in [5, 5.41) is 3.31. The van der Waals surface area contributed by atoms with E-state index in [-0.39, 0.29) is 6.10 Å². The molecule has 1 rings (SSSR count). The molecule has 1 aromatic carbocycles. The van der Waals surface area contributed by atoms with E-state index in [0.717, 1.165) is 18.8 Å². The van der Waals surface area contributed by atoms with Crippen LogP contribution in [0.1, 0.15) is 19.4 Å². The SMILES string of the molecule is CCOC(C)C(Cc1cccc(OC)c1)NC. The van der Waals surface area contributed by atoms with E-state index in [0.29, 0.717) is 6.04 Å². The Morgan fingerprint density at radius 1 is 1.35 bits per heavy atom. The van der Waals surface area contributed by atoms with Crippen LogP contribution in [-0.4, -0.2) is 32.9 Å². The summed E-state index contributed by atoms with van der Waals surface area (Å²) in [6.45, 7) is 4.87. The first-order chi connectivity index (χ1) is 8.21. The number of hydrogen-bond acceptors (Lipinski definition) is 3. The van der Waals surface area contributed by atoms with Gasteiger partial charge in [0.1, 0.15) is 5.75 Å². The molecule has 0 aliphatic rings. The molecule has 2 atom stereocenters. The molecule has 0 saturated carbocycles. The molecule has 0 aliphatic heterocycles. The fourth-order valence-electron chi connectivity index (χ4n) is 1.94. The zero-order valence-corrected chi connectivity index (χ0v) is 11.2. The van der Waals surface area contributed by atoms with Crippen LogP contribution in [0.25, 0.3) is 0 Å². The van der Waals surface area contributed by atoms with Gasteiger partial charge in [0.2, 0.25) is 0 Å². The summed E-state index contributed by atoms with van der Waals surface area (Å²) in [7, 11) is 3.66. The van der Waals surface area contributed by atoms with E-state index in [2.05, 4.69) is 24.4 Å². The number of rotatable bonds is 7. The molecule has 3 nitrogen and oxygen atoms in total. The number of benzene rings is 1. The molecule has 0 bridgehead atoms. The zero-order chi connectivity index (χ0) is 12.7. The van der Waals surface area contributed by atoms with Gasteiger partial charge in [-0.2, -0.15) is 0 Å². The summed E-state index contributed by atoms with van der Waals surface area (Å²) in [5.74, 6) is 0.904. The van der Waals surface area contributed by atoms with Crippen molar-refractivity contribution < 1.29 is 9.47 Å². The molecule has 0 radical (unpaired) electrons. The van der Waals surface area contributed by atoms with Crippen molar-refractivity contribution >= 4 is 0 Å². The van der Waals surface area contributed by atoms with Gasteiger partial charge in [-0.1, -0.05) is 12.1 Å². The Hall–Kier alpha value is -1.06. The molecule has 17 heavy (non-hydrogen) atoms. The molecule has 96 valence electrons. The van der Waals surface area contributed by atoms with E-state index in [1.54, 1.807) is 7.11 Å². The van der Waals surface area contributed by atoms with Gasteiger partial charge >= 0.3 is 0 Å². The highest BCUT2D eigenvalue weighted by Crippen LogP contribution is 2.15. The van der Waals surface area contributed by atoms with Gasteiger partial charge in [0.05, 0.1) is 13.2 Å². The van der Waals surface area contributed by atoms with Gasteiger partial charge in [0.25, 0.3) is 0 Å². The standard InChI is InChI=1S/C14H23NO2/c1-5-17-11(2)14(15-3)10-12-7-6-8-13(9-12)16-4/h6-9,11,14-15H,5,10H2,1-4H3. The van der Waals surface area contributed by atoms with Gasteiger partial charge in [-0.05, 0) is 45.0 Å². The molecule has 1 aromatic rings. The zero-order valence-electron chi connectivity index (χ0n) is 11.2. The molecule has 0 aliphatic carbocycles. The van der Waals surface area contributed by atoms with Crippen molar-refractivity contribution in [3.8, 4) is 5.75 Å². The van der Waals surface area contributed by atoms with E-state index in [4.69, 9.17) is 9.47 Å². The van der Waals surface area contributed by atoms with Crippen molar-refractivity contribution in [2.75, 3.05) is 20.8 Å². The highest BCUT2D eigenvalue weighted by molar-refractivity contribution is 5.29. The largest absolute Gasteiger partial charge is 0.497 e. The third kappa shape index (κ3) is 4.36. The Labute approximate surface area is 104 Å². The van der Waals surface area contributed by atoms with Crippen LogP contribution in [-0.2, 0) is 11.2 Å². The maximum Gasteiger partial charge on any atom is 0.119 e. The smallest absolute Gasteiger partial charge is 0.119 e. The van der Waals surface area contributed by atoms with Crippen molar-refractivity contribution in [1.29, 1.82) is 0 Å². The van der Waals surface area contributed by atoms with Crippen LogP contribution < -0.4 is 10.1 Å². The molecule has 0 fully saturated rings.